The number of fused-ring (bicyclic) bond motifs is 1. The van der Waals surface area contributed by atoms with E-state index < -0.39 is 0 Å². The van der Waals surface area contributed by atoms with Gasteiger partial charge in [-0.05, 0) is 36.3 Å². The van der Waals surface area contributed by atoms with Crippen molar-refractivity contribution in [2.24, 2.45) is 5.41 Å². The van der Waals surface area contributed by atoms with Gasteiger partial charge in [0, 0.05) is 12.1 Å². The topological polar surface area (TPSA) is 12.9 Å². The van der Waals surface area contributed by atoms with E-state index in [-0.39, 0.29) is 0 Å². The predicted octanol–water partition coefficient (Wildman–Crippen LogP) is 4.41. The van der Waals surface area contributed by atoms with Gasteiger partial charge in [-0.25, -0.2) is 0 Å². The first kappa shape index (κ1) is 11.4. The summed E-state index contributed by atoms with van der Waals surface area (Å²) in [4.78, 5) is 4.55. The van der Waals surface area contributed by atoms with Crippen LogP contribution in [0.25, 0.3) is 6.08 Å². The van der Waals surface area contributed by atoms with Crippen molar-refractivity contribution in [3.8, 4) is 0 Å². The van der Waals surface area contributed by atoms with Crippen LogP contribution in [-0.2, 0) is 0 Å². The van der Waals surface area contributed by atoms with Gasteiger partial charge in [-0.1, -0.05) is 39.0 Å². The highest BCUT2D eigenvalue weighted by Gasteiger charge is 2.20. The first-order valence-electron chi connectivity index (χ1n) is 6.18. The summed E-state index contributed by atoms with van der Waals surface area (Å²) < 4.78 is 0. The molecular weight excluding hydrogens is 194 g/mol. The van der Waals surface area contributed by atoms with E-state index in [1.807, 2.05) is 12.3 Å². The van der Waals surface area contributed by atoms with Crippen LogP contribution in [0.1, 0.15) is 57.2 Å². The SMILES string of the molecule is CC(C)(C)CCC1CC=Cc2cccnc21. The van der Waals surface area contributed by atoms with E-state index in [4.69, 9.17) is 0 Å². The van der Waals surface area contributed by atoms with Crippen molar-refractivity contribution in [2.45, 2.75) is 46.0 Å². The molecule has 86 valence electrons. The molecular formula is C15H21N. The van der Waals surface area contributed by atoms with Gasteiger partial charge in [0.05, 0.1) is 5.69 Å². The lowest BCUT2D eigenvalue weighted by Crippen LogP contribution is -2.11. The molecule has 1 heterocycles. The zero-order valence-electron chi connectivity index (χ0n) is 10.5. The van der Waals surface area contributed by atoms with Gasteiger partial charge in [-0.2, -0.15) is 0 Å². The van der Waals surface area contributed by atoms with Crippen molar-refractivity contribution < 1.29 is 0 Å². The molecule has 0 aromatic carbocycles. The highest BCUT2D eigenvalue weighted by Crippen LogP contribution is 2.34. The molecule has 0 bridgehead atoms. The molecule has 0 saturated heterocycles. The van der Waals surface area contributed by atoms with Crippen LogP contribution in [0, 0.1) is 5.41 Å². The second-order valence-corrected chi connectivity index (χ2v) is 5.91. The number of hydrogen-bond acceptors (Lipinski definition) is 1. The number of aromatic nitrogens is 1. The van der Waals surface area contributed by atoms with Crippen LogP contribution in [0.15, 0.2) is 24.4 Å². The van der Waals surface area contributed by atoms with E-state index in [9.17, 15) is 0 Å². The Bertz CT molecular complexity index is 385. The van der Waals surface area contributed by atoms with Crippen molar-refractivity contribution >= 4 is 6.08 Å². The second kappa shape index (κ2) is 4.40. The molecule has 1 unspecified atom stereocenters. The molecule has 0 aliphatic heterocycles. The molecule has 0 fully saturated rings. The van der Waals surface area contributed by atoms with E-state index in [0.717, 1.165) is 6.42 Å². The fraction of sp³-hybridized carbons (Fsp3) is 0.533. The maximum atomic E-state index is 4.55. The molecule has 1 aliphatic carbocycles. The first-order chi connectivity index (χ1) is 7.56. The zero-order chi connectivity index (χ0) is 11.6. The van der Waals surface area contributed by atoms with E-state index in [1.54, 1.807) is 0 Å². The van der Waals surface area contributed by atoms with Crippen molar-refractivity contribution in [1.29, 1.82) is 0 Å². The molecule has 1 aromatic heterocycles. The summed E-state index contributed by atoms with van der Waals surface area (Å²) in [6, 6.07) is 4.19. The van der Waals surface area contributed by atoms with Crippen LogP contribution in [0.4, 0.5) is 0 Å². The van der Waals surface area contributed by atoms with Crippen molar-refractivity contribution in [1.82, 2.24) is 4.98 Å². The quantitative estimate of drug-likeness (QED) is 0.712. The van der Waals surface area contributed by atoms with Crippen LogP contribution in [0.5, 0.6) is 0 Å². The van der Waals surface area contributed by atoms with Gasteiger partial charge < -0.3 is 0 Å². The second-order valence-electron chi connectivity index (χ2n) is 5.91. The Morgan fingerprint density at radius 1 is 1.38 bits per heavy atom. The van der Waals surface area contributed by atoms with Crippen LogP contribution in [0.3, 0.4) is 0 Å². The average Bonchev–Trinajstić information content (AvgIpc) is 2.25. The summed E-state index contributed by atoms with van der Waals surface area (Å²) >= 11 is 0. The summed E-state index contributed by atoms with van der Waals surface area (Å²) in [7, 11) is 0. The van der Waals surface area contributed by atoms with Crippen molar-refractivity contribution in [2.75, 3.05) is 0 Å². The molecule has 1 atom stereocenters. The van der Waals surface area contributed by atoms with Crippen molar-refractivity contribution in [3.63, 3.8) is 0 Å². The average molecular weight is 215 g/mol. The molecule has 1 heteroatoms. The summed E-state index contributed by atoms with van der Waals surface area (Å²) in [6.45, 7) is 6.93. The van der Waals surface area contributed by atoms with E-state index in [2.05, 4.69) is 44.0 Å². The highest BCUT2D eigenvalue weighted by molar-refractivity contribution is 5.55. The predicted molar refractivity (Wildman–Crippen MR) is 69.3 cm³/mol. The molecule has 1 nitrogen and oxygen atoms in total. The summed E-state index contributed by atoms with van der Waals surface area (Å²) in [5.74, 6) is 0.625. The molecule has 2 rings (SSSR count). The van der Waals surface area contributed by atoms with Crippen molar-refractivity contribution in [3.05, 3.63) is 35.7 Å². The number of rotatable bonds is 2. The van der Waals surface area contributed by atoms with Crippen LogP contribution in [0.2, 0.25) is 0 Å². The number of hydrogen-bond donors (Lipinski definition) is 0. The minimum atomic E-state index is 0.427. The van der Waals surface area contributed by atoms with Gasteiger partial charge in [0.1, 0.15) is 0 Å². The largest absolute Gasteiger partial charge is 0.260 e. The van der Waals surface area contributed by atoms with Gasteiger partial charge in [-0.3, -0.25) is 4.98 Å². The Morgan fingerprint density at radius 3 is 2.94 bits per heavy atom. The number of nitrogens with zero attached hydrogens (tertiary/aromatic N) is 1. The van der Waals surface area contributed by atoms with Gasteiger partial charge in [0.15, 0.2) is 0 Å². The van der Waals surface area contributed by atoms with Crippen LogP contribution in [-0.4, -0.2) is 4.98 Å². The first-order valence-corrected chi connectivity index (χ1v) is 6.18. The minimum absolute atomic E-state index is 0.427. The number of pyridine rings is 1. The molecule has 0 saturated carbocycles. The number of allylic oxidation sites excluding steroid dienone is 1. The molecule has 1 aromatic rings. The summed E-state index contributed by atoms with van der Waals surface area (Å²) in [6.07, 6.45) is 10.1. The van der Waals surface area contributed by atoms with E-state index in [1.165, 1.54) is 24.1 Å². The van der Waals surface area contributed by atoms with Gasteiger partial charge in [0.2, 0.25) is 0 Å². The lowest BCUT2D eigenvalue weighted by Gasteiger charge is -2.24. The normalized spacial score (nSPS) is 19.6. The zero-order valence-corrected chi connectivity index (χ0v) is 10.5. The Hall–Kier alpha value is -1.11. The smallest absolute Gasteiger partial charge is 0.0509 e. The fourth-order valence-corrected chi connectivity index (χ4v) is 2.24. The van der Waals surface area contributed by atoms with E-state index in [0.29, 0.717) is 11.3 Å². The standard InChI is InChI=1S/C15H21N/c1-15(2,3)10-9-13-7-4-6-12-8-5-11-16-14(12)13/h4-6,8,11,13H,7,9-10H2,1-3H3. The molecule has 0 spiro atoms. The molecule has 16 heavy (non-hydrogen) atoms. The summed E-state index contributed by atoms with van der Waals surface area (Å²) in [5, 5.41) is 0. The van der Waals surface area contributed by atoms with E-state index >= 15 is 0 Å². The third-order valence-electron chi connectivity index (χ3n) is 3.22. The third-order valence-corrected chi connectivity index (χ3v) is 3.22. The Balaban J connectivity index is 2.10. The lowest BCUT2D eigenvalue weighted by atomic mass is 9.82. The van der Waals surface area contributed by atoms with Gasteiger partial charge in [0.25, 0.3) is 0 Å². The highest BCUT2D eigenvalue weighted by atomic mass is 14.7. The maximum Gasteiger partial charge on any atom is 0.0509 e. The molecule has 0 N–H and O–H groups in total. The van der Waals surface area contributed by atoms with Crippen LogP contribution >= 0.6 is 0 Å². The molecule has 0 amide bonds. The minimum Gasteiger partial charge on any atom is -0.260 e. The lowest BCUT2D eigenvalue weighted by molar-refractivity contribution is 0.346. The fourth-order valence-electron chi connectivity index (χ4n) is 2.24. The molecule has 0 radical (unpaired) electrons. The van der Waals surface area contributed by atoms with Gasteiger partial charge >= 0.3 is 0 Å². The van der Waals surface area contributed by atoms with Gasteiger partial charge in [-0.15, -0.1) is 0 Å². The van der Waals surface area contributed by atoms with Crippen LogP contribution < -0.4 is 0 Å². The Kier molecular flexibility index (Phi) is 3.13. The maximum absolute atomic E-state index is 4.55. The Labute approximate surface area is 98.6 Å². The monoisotopic (exact) mass is 215 g/mol. The molecule has 1 aliphatic rings. The third kappa shape index (κ3) is 2.72. The Morgan fingerprint density at radius 2 is 2.19 bits per heavy atom. The summed E-state index contributed by atoms with van der Waals surface area (Å²) in [5.41, 5.74) is 3.04.